The third-order valence-corrected chi connectivity index (χ3v) is 7.89. The van der Waals surface area contributed by atoms with E-state index in [-0.39, 0.29) is 24.2 Å². The number of aliphatic carboxylic acids is 1. The first-order valence-electron chi connectivity index (χ1n) is 12.2. The van der Waals surface area contributed by atoms with Crippen LogP contribution < -0.4 is 10.6 Å². The van der Waals surface area contributed by atoms with Crippen LogP contribution in [0.2, 0.25) is 0 Å². The minimum Gasteiger partial charge on any atom is -0.481 e. The number of carboxylic acid groups (broad SMARTS) is 1. The Labute approximate surface area is 215 Å². The number of carbonyl (C=O) groups excluding carboxylic acids is 3. The molecule has 1 aromatic rings. The van der Waals surface area contributed by atoms with E-state index in [1.54, 1.807) is 61.7 Å². The van der Waals surface area contributed by atoms with Gasteiger partial charge in [-0.3, -0.25) is 9.59 Å². The zero-order valence-electron chi connectivity index (χ0n) is 20.8. The van der Waals surface area contributed by atoms with E-state index in [0.29, 0.717) is 28.8 Å². The number of urea groups is 1. The maximum atomic E-state index is 13.4. The lowest BCUT2D eigenvalue weighted by molar-refractivity contribution is -0.163. The second-order valence-corrected chi connectivity index (χ2v) is 11.7. The molecule has 1 saturated carbocycles. The lowest BCUT2D eigenvalue weighted by Crippen LogP contribution is -2.51. The summed E-state index contributed by atoms with van der Waals surface area (Å²) >= 11 is 1.58. The highest BCUT2D eigenvalue weighted by molar-refractivity contribution is 8.00. The molecule has 2 bridgehead atoms. The number of thioether (sulfide) groups is 1. The summed E-state index contributed by atoms with van der Waals surface area (Å²) in [6.07, 6.45) is 5.49. The molecule has 1 saturated heterocycles. The Morgan fingerprint density at radius 2 is 1.97 bits per heavy atom. The van der Waals surface area contributed by atoms with Gasteiger partial charge in [0.1, 0.15) is 17.0 Å². The second kappa shape index (κ2) is 10.5. The van der Waals surface area contributed by atoms with E-state index in [0.717, 1.165) is 12.8 Å². The van der Waals surface area contributed by atoms with Crippen molar-refractivity contribution in [2.75, 3.05) is 17.6 Å². The molecule has 0 unspecified atom stereocenters. The average molecular weight is 516 g/mol. The van der Waals surface area contributed by atoms with Crippen molar-refractivity contribution < 1.29 is 29.0 Å². The maximum absolute atomic E-state index is 13.4. The first-order chi connectivity index (χ1) is 17.0. The average Bonchev–Trinajstić information content (AvgIpc) is 3.51. The van der Waals surface area contributed by atoms with Gasteiger partial charge in [-0.2, -0.15) is 0 Å². The minimum absolute atomic E-state index is 0.159. The molecule has 1 aromatic carbocycles. The molecule has 0 aromatic heterocycles. The molecule has 194 valence electrons. The SMILES string of the molecule is CC(C)(C)OC(=O)[C@@H]1CS[C@H](C2=C[C@@H]3CC[C@@H]2C3)N1C(=O)CNC(=O)Nc1cccc(CC(=O)O)c1. The number of amides is 3. The summed E-state index contributed by atoms with van der Waals surface area (Å²) in [6, 6.07) is 5.21. The summed E-state index contributed by atoms with van der Waals surface area (Å²) in [6.45, 7) is 5.11. The number of esters is 1. The maximum Gasteiger partial charge on any atom is 0.330 e. The molecule has 1 heterocycles. The summed E-state index contributed by atoms with van der Waals surface area (Å²) in [4.78, 5) is 51.4. The lowest BCUT2D eigenvalue weighted by atomic mass is 9.97. The standard InChI is InChI=1S/C26H33N3O6S/c1-26(2,3)35-24(33)20-14-36-23(19-11-16-7-8-17(19)9-16)29(20)21(30)13-27-25(34)28-18-6-4-5-15(10-18)12-22(31)32/h4-6,10-11,16-17,20,23H,7-9,12-14H2,1-3H3,(H,31,32)(H2,27,28,34)/t16-,17-,20+,23-/m1/s1. The van der Waals surface area contributed by atoms with Crippen LogP contribution in [0.1, 0.15) is 45.6 Å². The van der Waals surface area contributed by atoms with Gasteiger partial charge in [0.2, 0.25) is 5.91 Å². The Kier molecular flexibility index (Phi) is 7.63. The van der Waals surface area contributed by atoms with Crippen LogP contribution in [0.25, 0.3) is 0 Å². The summed E-state index contributed by atoms with van der Waals surface area (Å²) in [5, 5.41) is 13.9. The summed E-state index contributed by atoms with van der Waals surface area (Å²) in [7, 11) is 0. The Balaban J connectivity index is 1.43. The molecule has 1 aliphatic heterocycles. The summed E-state index contributed by atoms with van der Waals surface area (Å²) in [5.74, 6) is -0.319. The van der Waals surface area contributed by atoms with Gasteiger partial charge < -0.3 is 25.4 Å². The fourth-order valence-electron chi connectivity index (χ4n) is 5.14. The van der Waals surface area contributed by atoms with Crippen molar-refractivity contribution >= 4 is 41.3 Å². The van der Waals surface area contributed by atoms with Crippen LogP contribution in [0.3, 0.4) is 0 Å². The van der Waals surface area contributed by atoms with Gasteiger partial charge in [-0.25, -0.2) is 9.59 Å². The summed E-state index contributed by atoms with van der Waals surface area (Å²) < 4.78 is 5.61. The van der Waals surface area contributed by atoms with Gasteiger partial charge in [-0.1, -0.05) is 18.2 Å². The fourth-order valence-corrected chi connectivity index (χ4v) is 6.69. The zero-order chi connectivity index (χ0) is 26.0. The number of nitrogens with one attached hydrogen (secondary N) is 2. The zero-order valence-corrected chi connectivity index (χ0v) is 21.6. The van der Waals surface area contributed by atoms with Gasteiger partial charge in [0.15, 0.2) is 0 Å². The summed E-state index contributed by atoms with van der Waals surface area (Å²) in [5.41, 5.74) is 1.52. The van der Waals surface area contributed by atoms with E-state index < -0.39 is 29.6 Å². The van der Waals surface area contributed by atoms with E-state index in [2.05, 4.69) is 16.7 Å². The van der Waals surface area contributed by atoms with Crippen LogP contribution in [0.15, 0.2) is 35.9 Å². The molecule has 4 atom stereocenters. The molecule has 3 amide bonds. The highest BCUT2D eigenvalue weighted by Gasteiger charge is 2.48. The molecular formula is C26H33N3O6S. The van der Waals surface area contributed by atoms with Crippen molar-refractivity contribution in [2.45, 2.75) is 63.5 Å². The molecule has 0 radical (unpaired) electrons. The largest absolute Gasteiger partial charge is 0.481 e. The Bertz CT molecular complexity index is 1080. The number of carboxylic acids is 1. The molecule has 3 N–H and O–H groups in total. The van der Waals surface area contributed by atoms with Crippen LogP contribution in [-0.4, -0.2) is 63.2 Å². The number of anilines is 1. The highest BCUT2D eigenvalue weighted by Crippen LogP contribution is 2.49. The van der Waals surface area contributed by atoms with Gasteiger partial charge in [0.05, 0.1) is 13.0 Å². The van der Waals surface area contributed by atoms with Gasteiger partial charge in [0.25, 0.3) is 0 Å². The number of hydrogen-bond acceptors (Lipinski definition) is 6. The van der Waals surface area contributed by atoms with E-state index in [4.69, 9.17) is 9.84 Å². The number of fused-ring (bicyclic) bond motifs is 2. The Morgan fingerprint density at radius 3 is 2.61 bits per heavy atom. The van der Waals surface area contributed by atoms with Gasteiger partial charge in [-0.15, -0.1) is 11.8 Å². The molecule has 2 aliphatic carbocycles. The van der Waals surface area contributed by atoms with E-state index in [1.807, 2.05) is 0 Å². The minimum atomic E-state index is -0.967. The van der Waals surface area contributed by atoms with Crippen molar-refractivity contribution in [3.8, 4) is 0 Å². The van der Waals surface area contributed by atoms with Crippen LogP contribution in [-0.2, 0) is 25.5 Å². The normalized spacial score (nSPS) is 24.9. The monoisotopic (exact) mass is 515 g/mol. The number of allylic oxidation sites excluding steroid dienone is 1. The molecule has 2 fully saturated rings. The molecule has 36 heavy (non-hydrogen) atoms. The number of ether oxygens (including phenoxy) is 1. The molecule has 3 aliphatic rings. The number of carbonyl (C=O) groups is 4. The van der Waals surface area contributed by atoms with Crippen LogP contribution in [0.5, 0.6) is 0 Å². The number of benzene rings is 1. The van der Waals surface area contributed by atoms with Crippen LogP contribution >= 0.6 is 11.8 Å². The Hall–Kier alpha value is -3.01. The van der Waals surface area contributed by atoms with E-state index in [1.165, 1.54) is 12.0 Å². The molecular weight excluding hydrogens is 482 g/mol. The van der Waals surface area contributed by atoms with Crippen molar-refractivity contribution in [1.29, 1.82) is 0 Å². The number of nitrogens with zero attached hydrogens (tertiary/aromatic N) is 1. The predicted octanol–water partition coefficient (Wildman–Crippen LogP) is 3.40. The third-order valence-electron chi connectivity index (χ3n) is 6.57. The topological polar surface area (TPSA) is 125 Å². The molecule has 10 heteroatoms. The van der Waals surface area contributed by atoms with Gasteiger partial charge in [0, 0.05) is 11.4 Å². The third kappa shape index (κ3) is 6.21. The fraction of sp³-hybridized carbons (Fsp3) is 0.538. The number of hydrogen-bond donors (Lipinski definition) is 3. The quantitative estimate of drug-likeness (QED) is 0.375. The van der Waals surface area contributed by atoms with Crippen molar-refractivity contribution in [2.24, 2.45) is 11.8 Å². The van der Waals surface area contributed by atoms with Crippen LogP contribution in [0, 0.1) is 11.8 Å². The van der Waals surface area contributed by atoms with Crippen LogP contribution in [0.4, 0.5) is 10.5 Å². The van der Waals surface area contributed by atoms with Gasteiger partial charge >= 0.3 is 18.0 Å². The first kappa shape index (κ1) is 26.1. The molecule has 0 spiro atoms. The van der Waals surface area contributed by atoms with E-state index >= 15 is 0 Å². The Morgan fingerprint density at radius 1 is 1.19 bits per heavy atom. The number of rotatable bonds is 7. The van der Waals surface area contributed by atoms with Crippen molar-refractivity contribution in [3.05, 3.63) is 41.5 Å². The molecule has 9 nitrogen and oxygen atoms in total. The van der Waals surface area contributed by atoms with E-state index in [9.17, 15) is 19.2 Å². The van der Waals surface area contributed by atoms with Crippen molar-refractivity contribution in [3.63, 3.8) is 0 Å². The highest BCUT2D eigenvalue weighted by atomic mass is 32.2. The first-order valence-corrected chi connectivity index (χ1v) is 13.3. The smallest absolute Gasteiger partial charge is 0.330 e. The molecule has 4 rings (SSSR count). The predicted molar refractivity (Wildman–Crippen MR) is 136 cm³/mol. The van der Waals surface area contributed by atoms with Crippen molar-refractivity contribution in [1.82, 2.24) is 10.2 Å². The lowest BCUT2D eigenvalue weighted by Gasteiger charge is -2.33. The second-order valence-electron chi connectivity index (χ2n) is 10.6. The van der Waals surface area contributed by atoms with Gasteiger partial charge in [-0.05, 0) is 75.1 Å².